The van der Waals surface area contributed by atoms with Crippen molar-refractivity contribution in [1.82, 2.24) is 0 Å². The van der Waals surface area contributed by atoms with Crippen LogP contribution >= 0.6 is 0 Å². The number of phenols is 2. The molecule has 34 heavy (non-hydrogen) atoms. The molecular weight excluding hydrogens is 420 g/mol. The molecule has 4 aromatic rings. The maximum Gasteiger partial charge on any atom is 0.115 e. The second kappa shape index (κ2) is 11.6. The monoisotopic (exact) mass is 448 g/mol. The third-order valence-corrected chi connectivity index (χ3v) is 5.57. The van der Waals surface area contributed by atoms with Crippen LogP contribution in [0.5, 0.6) is 11.5 Å². The summed E-state index contributed by atoms with van der Waals surface area (Å²) >= 11 is 0. The maximum atomic E-state index is 9.34. The van der Waals surface area contributed by atoms with E-state index >= 15 is 0 Å². The molecule has 0 saturated carbocycles. The molecule has 0 aliphatic heterocycles. The van der Waals surface area contributed by atoms with Gasteiger partial charge < -0.3 is 10.2 Å². The van der Waals surface area contributed by atoms with Gasteiger partial charge in [-0.3, -0.25) is 9.98 Å². The molecule has 0 spiro atoms. The first-order valence-electron chi connectivity index (χ1n) is 11.5. The zero-order valence-electron chi connectivity index (χ0n) is 19.0. The van der Waals surface area contributed by atoms with Gasteiger partial charge in [-0.25, -0.2) is 0 Å². The number of unbranched alkanes of at least 4 members (excludes halogenated alkanes) is 1. The van der Waals surface area contributed by atoms with Crippen LogP contribution < -0.4 is 0 Å². The first kappa shape index (κ1) is 23.0. The molecule has 0 saturated heterocycles. The van der Waals surface area contributed by atoms with Gasteiger partial charge in [-0.05, 0) is 96.5 Å². The smallest absolute Gasteiger partial charge is 0.115 e. The van der Waals surface area contributed by atoms with Crippen LogP contribution in [0.25, 0.3) is 0 Å². The Kier molecular flexibility index (Phi) is 7.86. The SMILES string of the molecule is Oc1ccc(N=Cc2ccc(CCCCc3ccc(C=Nc4ccc(O)cc4)cc3)cc2)cc1. The van der Waals surface area contributed by atoms with Gasteiger partial charge in [-0.2, -0.15) is 0 Å². The number of hydrogen-bond donors (Lipinski definition) is 2. The number of hydrogen-bond acceptors (Lipinski definition) is 4. The summed E-state index contributed by atoms with van der Waals surface area (Å²) in [6.45, 7) is 0. The fourth-order valence-electron chi connectivity index (χ4n) is 3.57. The normalized spacial score (nSPS) is 11.4. The van der Waals surface area contributed by atoms with Crippen LogP contribution in [0.15, 0.2) is 107 Å². The van der Waals surface area contributed by atoms with E-state index in [0.717, 1.165) is 48.2 Å². The first-order valence-corrected chi connectivity index (χ1v) is 11.5. The van der Waals surface area contributed by atoms with Crippen molar-refractivity contribution in [2.24, 2.45) is 9.98 Å². The molecule has 0 bridgehead atoms. The number of aromatic hydroxyl groups is 2. The summed E-state index contributed by atoms with van der Waals surface area (Å²) in [6.07, 6.45) is 8.10. The molecule has 4 nitrogen and oxygen atoms in total. The van der Waals surface area contributed by atoms with Crippen LogP contribution in [0.2, 0.25) is 0 Å². The predicted molar refractivity (Wildman–Crippen MR) is 140 cm³/mol. The average molecular weight is 449 g/mol. The molecule has 0 aromatic heterocycles. The van der Waals surface area contributed by atoms with Crippen molar-refractivity contribution < 1.29 is 10.2 Å². The van der Waals surface area contributed by atoms with Crippen molar-refractivity contribution in [2.75, 3.05) is 0 Å². The molecule has 4 rings (SSSR count). The number of benzene rings is 4. The summed E-state index contributed by atoms with van der Waals surface area (Å²) in [6, 6.07) is 30.8. The summed E-state index contributed by atoms with van der Waals surface area (Å²) in [5.74, 6) is 0.494. The Morgan fingerprint density at radius 2 is 0.824 bits per heavy atom. The lowest BCUT2D eigenvalue weighted by molar-refractivity contribution is 0.475. The minimum absolute atomic E-state index is 0.247. The third-order valence-electron chi connectivity index (χ3n) is 5.57. The standard InChI is InChI=1S/C30H28N2O2/c33-29-17-13-27(14-18-29)31-21-25-9-5-23(6-10-25)3-1-2-4-24-7-11-26(12-8-24)22-32-28-15-19-30(34)20-16-28/h5-22,33-34H,1-4H2. The number of aliphatic imine (C=N–C) groups is 2. The van der Waals surface area contributed by atoms with E-state index in [2.05, 4.69) is 58.5 Å². The molecule has 0 fully saturated rings. The van der Waals surface area contributed by atoms with E-state index < -0.39 is 0 Å². The Morgan fingerprint density at radius 1 is 0.471 bits per heavy atom. The van der Waals surface area contributed by atoms with Crippen LogP contribution in [-0.4, -0.2) is 22.6 Å². The van der Waals surface area contributed by atoms with E-state index in [9.17, 15) is 10.2 Å². The van der Waals surface area contributed by atoms with Gasteiger partial charge in [0, 0.05) is 12.4 Å². The number of aryl methyl sites for hydroxylation is 2. The van der Waals surface area contributed by atoms with E-state index in [1.165, 1.54) is 11.1 Å². The summed E-state index contributed by atoms with van der Waals surface area (Å²) < 4.78 is 0. The lowest BCUT2D eigenvalue weighted by atomic mass is 10.0. The minimum Gasteiger partial charge on any atom is -0.508 e. The first-order chi connectivity index (χ1) is 16.6. The Hall–Kier alpha value is -4.18. The van der Waals surface area contributed by atoms with E-state index in [0.29, 0.717) is 0 Å². The van der Waals surface area contributed by atoms with Crippen molar-refractivity contribution in [2.45, 2.75) is 25.7 Å². The van der Waals surface area contributed by atoms with Gasteiger partial charge in [-0.1, -0.05) is 48.5 Å². The number of phenolic OH excluding ortho intramolecular Hbond substituents is 2. The van der Waals surface area contributed by atoms with E-state index in [1.54, 1.807) is 48.5 Å². The highest BCUT2D eigenvalue weighted by atomic mass is 16.3. The third kappa shape index (κ3) is 7.17. The van der Waals surface area contributed by atoms with E-state index in [1.807, 2.05) is 12.4 Å². The molecule has 4 heteroatoms. The number of rotatable bonds is 9. The molecule has 170 valence electrons. The molecule has 2 N–H and O–H groups in total. The van der Waals surface area contributed by atoms with Gasteiger partial charge in [-0.15, -0.1) is 0 Å². The number of nitrogens with zero attached hydrogens (tertiary/aromatic N) is 2. The van der Waals surface area contributed by atoms with E-state index in [4.69, 9.17) is 0 Å². The highest BCUT2D eigenvalue weighted by molar-refractivity contribution is 5.82. The molecule has 0 aliphatic carbocycles. The summed E-state index contributed by atoms with van der Waals surface area (Å²) in [7, 11) is 0. The summed E-state index contributed by atoms with van der Waals surface area (Å²) in [5.41, 5.74) is 6.43. The molecule has 0 amide bonds. The fraction of sp³-hybridized carbons (Fsp3) is 0.133. The molecule has 0 atom stereocenters. The second-order valence-electron chi connectivity index (χ2n) is 8.24. The Balaban J connectivity index is 1.19. The second-order valence-corrected chi connectivity index (χ2v) is 8.24. The van der Waals surface area contributed by atoms with Crippen molar-refractivity contribution >= 4 is 23.8 Å². The minimum atomic E-state index is 0.247. The van der Waals surface area contributed by atoms with Gasteiger partial charge in [0.15, 0.2) is 0 Å². The molecule has 0 heterocycles. The van der Waals surface area contributed by atoms with Gasteiger partial charge in [0.25, 0.3) is 0 Å². The maximum absolute atomic E-state index is 9.34. The van der Waals surface area contributed by atoms with Gasteiger partial charge in [0.05, 0.1) is 11.4 Å². The van der Waals surface area contributed by atoms with Crippen LogP contribution in [0.1, 0.15) is 35.1 Å². The molecule has 0 radical (unpaired) electrons. The molecule has 0 unspecified atom stereocenters. The van der Waals surface area contributed by atoms with Crippen molar-refractivity contribution in [1.29, 1.82) is 0 Å². The van der Waals surface area contributed by atoms with Gasteiger partial charge >= 0.3 is 0 Å². The fourth-order valence-corrected chi connectivity index (χ4v) is 3.57. The molecule has 4 aromatic carbocycles. The summed E-state index contributed by atoms with van der Waals surface area (Å²) in [5, 5.41) is 18.7. The van der Waals surface area contributed by atoms with Crippen LogP contribution in [0.3, 0.4) is 0 Å². The Morgan fingerprint density at radius 3 is 1.18 bits per heavy atom. The van der Waals surface area contributed by atoms with Crippen molar-refractivity contribution in [3.05, 3.63) is 119 Å². The largest absolute Gasteiger partial charge is 0.508 e. The Labute approximate surface area is 200 Å². The zero-order chi connectivity index (χ0) is 23.6. The van der Waals surface area contributed by atoms with E-state index in [-0.39, 0.29) is 11.5 Å². The Bertz CT molecular complexity index is 1120. The predicted octanol–water partition coefficient (Wildman–Crippen LogP) is 7.16. The topological polar surface area (TPSA) is 65.2 Å². The van der Waals surface area contributed by atoms with Crippen LogP contribution in [-0.2, 0) is 12.8 Å². The average Bonchev–Trinajstić information content (AvgIpc) is 2.87. The summed E-state index contributed by atoms with van der Waals surface area (Å²) in [4.78, 5) is 8.88. The quantitative estimate of drug-likeness (QED) is 0.211. The zero-order valence-corrected chi connectivity index (χ0v) is 19.0. The highest BCUT2D eigenvalue weighted by Crippen LogP contribution is 2.18. The van der Waals surface area contributed by atoms with Crippen molar-refractivity contribution in [3.63, 3.8) is 0 Å². The molecule has 0 aliphatic rings. The van der Waals surface area contributed by atoms with Gasteiger partial charge in [0.2, 0.25) is 0 Å². The van der Waals surface area contributed by atoms with Crippen LogP contribution in [0, 0.1) is 0 Å². The highest BCUT2D eigenvalue weighted by Gasteiger charge is 1.98. The molecular formula is C30H28N2O2. The van der Waals surface area contributed by atoms with Crippen LogP contribution in [0.4, 0.5) is 11.4 Å². The lowest BCUT2D eigenvalue weighted by Gasteiger charge is -2.04. The van der Waals surface area contributed by atoms with Gasteiger partial charge in [0.1, 0.15) is 11.5 Å². The van der Waals surface area contributed by atoms with Crippen molar-refractivity contribution in [3.8, 4) is 11.5 Å². The lowest BCUT2D eigenvalue weighted by Crippen LogP contribution is -1.91.